The van der Waals surface area contributed by atoms with E-state index in [4.69, 9.17) is 14.2 Å². The SMILES string of the molecule is COc1cc(OC)c(C(=O)C=Cc2ccc(N3CCN(C)CC3)cc2)c(OC)c1. The second-order valence-electron chi connectivity index (χ2n) is 6.99. The molecule has 0 unspecified atom stereocenters. The summed E-state index contributed by atoms with van der Waals surface area (Å²) in [7, 11) is 6.74. The van der Waals surface area contributed by atoms with E-state index in [9.17, 15) is 4.79 Å². The van der Waals surface area contributed by atoms with Crippen molar-refractivity contribution in [2.45, 2.75) is 0 Å². The maximum atomic E-state index is 12.8. The number of nitrogens with zero attached hydrogens (tertiary/aromatic N) is 2. The van der Waals surface area contributed by atoms with Crippen molar-refractivity contribution < 1.29 is 19.0 Å². The van der Waals surface area contributed by atoms with Gasteiger partial charge in [0.1, 0.15) is 22.8 Å². The molecule has 0 saturated carbocycles. The number of benzene rings is 2. The van der Waals surface area contributed by atoms with Crippen LogP contribution in [0.5, 0.6) is 17.2 Å². The van der Waals surface area contributed by atoms with Crippen LogP contribution in [-0.2, 0) is 0 Å². The molecule has 1 saturated heterocycles. The van der Waals surface area contributed by atoms with E-state index in [-0.39, 0.29) is 5.78 Å². The van der Waals surface area contributed by atoms with E-state index in [1.807, 2.05) is 12.1 Å². The molecular weight excluding hydrogens is 368 g/mol. The highest BCUT2D eigenvalue weighted by molar-refractivity contribution is 6.10. The summed E-state index contributed by atoms with van der Waals surface area (Å²) < 4.78 is 16.0. The van der Waals surface area contributed by atoms with Gasteiger partial charge in [-0.2, -0.15) is 0 Å². The number of carbonyl (C=O) groups excluding carboxylic acids is 1. The van der Waals surface area contributed by atoms with E-state index in [0.717, 1.165) is 31.7 Å². The molecule has 1 aliphatic heterocycles. The number of rotatable bonds is 7. The van der Waals surface area contributed by atoms with E-state index in [1.165, 1.54) is 26.0 Å². The highest BCUT2D eigenvalue weighted by Gasteiger charge is 2.18. The van der Waals surface area contributed by atoms with E-state index in [0.29, 0.717) is 22.8 Å². The average molecular weight is 396 g/mol. The van der Waals surface area contributed by atoms with Crippen molar-refractivity contribution in [2.75, 3.05) is 59.5 Å². The normalized spacial score (nSPS) is 14.8. The lowest BCUT2D eigenvalue weighted by Crippen LogP contribution is -2.44. The van der Waals surface area contributed by atoms with Gasteiger partial charge in [-0.1, -0.05) is 18.2 Å². The van der Waals surface area contributed by atoms with Gasteiger partial charge < -0.3 is 24.0 Å². The standard InChI is InChI=1S/C23H28N2O4/c1-24-11-13-25(14-12-24)18-8-5-17(6-9-18)7-10-20(26)23-21(28-3)15-19(27-2)16-22(23)29-4/h5-10,15-16H,11-14H2,1-4H3. The summed E-state index contributed by atoms with van der Waals surface area (Å²) in [5, 5.41) is 0. The van der Waals surface area contributed by atoms with Crippen molar-refractivity contribution in [3.63, 3.8) is 0 Å². The van der Waals surface area contributed by atoms with Crippen LogP contribution in [0.3, 0.4) is 0 Å². The third-order valence-electron chi connectivity index (χ3n) is 5.15. The number of likely N-dealkylation sites (N-methyl/N-ethyl adjacent to an activating group) is 1. The molecule has 154 valence electrons. The fraction of sp³-hybridized carbons (Fsp3) is 0.348. The molecule has 0 spiro atoms. The summed E-state index contributed by atoms with van der Waals surface area (Å²) >= 11 is 0. The fourth-order valence-corrected chi connectivity index (χ4v) is 3.36. The van der Waals surface area contributed by atoms with Crippen molar-refractivity contribution >= 4 is 17.5 Å². The fourth-order valence-electron chi connectivity index (χ4n) is 3.36. The molecule has 0 radical (unpaired) electrons. The van der Waals surface area contributed by atoms with Gasteiger partial charge in [-0.3, -0.25) is 4.79 Å². The number of allylic oxidation sites excluding steroid dienone is 1. The molecule has 0 aromatic heterocycles. The summed E-state index contributed by atoms with van der Waals surface area (Å²) in [6.45, 7) is 4.20. The van der Waals surface area contributed by atoms with Crippen LogP contribution in [0.2, 0.25) is 0 Å². The van der Waals surface area contributed by atoms with E-state index in [1.54, 1.807) is 25.3 Å². The second-order valence-corrected chi connectivity index (χ2v) is 6.99. The summed E-state index contributed by atoms with van der Waals surface area (Å²) in [4.78, 5) is 17.5. The van der Waals surface area contributed by atoms with Gasteiger partial charge in [0.25, 0.3) is 0 Å². The molecule has 29 heavy (non-hydrogen) atoms. The van der Waals surface area contributed by atoms with Crippen LogP contribution < -0.4 is 19.1 Å². The molecule has 1 heterocycles. The number of methoxy groups -OCH3 is 3. The zero-order chi connectivity index (χ0) is 20.8. The Bertz CT molecular complexity index is 844. The summed E-state index contributed by atoms with van der Waals surface area (Å²) in [5.41, 5.74) is 2.55. The van der Waals surface area contributed by atoms with Crippen molar-refractivity contribution in [2.24, 2.45) is 0 Å². The third kappa shape index (κ3) is 4.90. The number of anilines is 1. The maximum absolute atomic E-state index is 12.8. The van der Waals surface area contributed by atoms with Crippen molar-refractivity contribution in [3.05, 3.63) is 53.6 Å². The minimum atomic E-state index is -0.190. The van der Waals surface area contributed by atoms with Gasteiger partial charge in [-0.25, -0.2) is 0 Å². The monoisotopic (exact) mass is 396 g/mol. The highest BCUT2D eigenvalue weighted by atomic mass is 16.5. The van der Waals surface area contributed by atoms with Crippen LogP contribution in [0.15, 0.2) is 42.5 Å². The number of piperazine rings is 1. The predicted octanol–water partition coefficient (Wildman–Crippen LogP) is 3.36. The van der Waals surface area contributed by atoms with Crippen molar-refractivity contribution in [1.82, 2.24) is 4.90 Å². The summed E-state index contributed by atoms with van der Waals surface area (Å²) in [6.07, 6.45) is 3.34. The second kappa shape index (κ2) is 9.47. The molecule has 1 aliphatic rings. The van der Waals surface area contributed by atoms with Crippen molar-refractivity contribution in [3.8, 4) is 17.2 Å². The Labute approximate surface area is 172 Å². The molecule has 3 rings (SSSR count). The quantitative estimate of drug-likeness (QED) is 0.528. The Morgan fingerprint density at radius 2 is 1.48 bits per heavy atom. The molecule has 0 amide bonds. The molecule has 1 fully saturated rings. The largest absolute Gasteiger partial charge is 0.496 e. The lowest BCUT2D eigenvalue weighted by Gasteiger charge is -2.34. The topological polar surface area (TPSA) is 51.2 Å². The predicted molar refractivity (Wildman–Crippen MR) is 116 cm³/mol. The minimum Gasteiger partial charge on any atom is -0.496 e. The van der Waals surface area contributed by atoms with E-state index < -0.39 is 0 Å². The first-order chi connectivity index (χ1) is 14.0. The van der Waals surface area contributed by atoms with Crippen LogP contribution >= 0.6 is 0 Å². The number of hydrogen-bond donors (Lipinski definition) is 0. The van der Waals surface area contributed by atoms with Gasteiger partial charge in [-0.15, -0.1) is 0 Å². The van der Waals surface area contributed by atoms with Crippen LogP contribution in [0, 0.1) is 0 Å². The molecule has 2 aromatic rings. The Balaban J connectivity index is 1.75. The first kappa shape index (κ1) is 20.7. The van der Waals surface area contributed by atoms with Crippen LogP contribution in [0.4, 0.5) is 5.69 Å². The number of carbonyl (C=O) groups is 1. The lowest BCUT2D eigenvalue weighted by atomic mass is 10.1. The van der Waals surface area contributed by atoms with Gasteiger partial charge in [0.2, 0.25) is 0 Å². The molecule has 6 nitrogen and oxygen atoms in total. The van der Waals surface area contributed by atoms with E-state index in [2.05, 4.69) is 29.0 Å². The summed E-state index contributed by atoms with van der Waals surface area (Å²) in [5.74, 6) is 1.21. The smallest absolute Gasteiger partial charge is 0.193 e. The average Bonchev–Trinajstić information content (AvgIpc) is 2.77. The van der Waals surface area contributed by atoms with Crippen LogP contribution in [-0.4, -0.2) is 65.2 Å². The minimum absolute atomic E-state index is 0.190. The van der Waals surface area contributed by atoms with Gasteiger partial charge in [0, 0.05) is 44.0 Å². The van der Waals surface area contributed by atoms with Gasteiger partial charge in [0.15, 0.2) is 5.78 Å². The first-order valence-electron chi connectivity index (χ1n) is 9.61. The molecule has 0 aliphatic carbocycles. The molecular formula is C23H28N2O4. The molecule has 0 bridgehead atoms. The Morgan fingerprint density at radius 3 is 2.00 bits per heavy atom. The number of ether oxygens (including phenoxy) is 3. The number of ketones is 1. The Morgan fingerprint density at radius 1 is 0.897 bits per heavy atom. The zero-order valence-corrected chi connectivity index (χ0v) is 17.5. The molecule has 2 aromatic carbocycles. The van der Waals surface area contributed by atoms with Gasteiger partial charge in [0.05, 0.1) is 21.3 Å². The third-order valence-corrected chi connectivity index (χ3v) is 5.15. The Kier molecular flexibility index (Phi) is 6.77. The number of hydrogen-bond acceptors (Lipinski definition) is 6. The van der Waals surface area contributed by atoms with Crippen LogP contribution in [0.1, 0.15) is 15.9 Å². The highest BCUT2D eigenvalue weighted by Crippen LogP contribution is 2.34. The van der Waals surface area contributed by atoms with Gasteiger partial charge >= 0.3 is 0 Å². The first-order valence-corrected chi connectivity index (χ1v) is 9.61. The Hall–Kier alpha value is -2.99. The van der Waals surface area contributed by atoms with Crippen LogP contribution in [0.25, 0.3) is 6.08 Å². The zero-order valence-electron chi connectivity index (χ0n) is 17.5. The molecule has 0 N–H and O–H groups in total. The summed E-state index contributed by atoms with van der Waals surface area (Å²) in [6, 6.07) is 11.6. The lowest BCUT2D eigenvalue weighted by molar-refractivity contribution is 0.104. The van der Waals surface area contributed by atoms with Crippen molar-refractivity contribution in [1.29, 1.82) is 0 Å². The molecule has 0 atom stereocenters. The maximum Gasteiger partial charge on any atom is 0.193 e. The van der Waals surface area contributed by atoms with E-state index >= 15 is 0 Å². The van der Waals surface area contributed by atoms with Gasteiger partial charge in [-0.05, 0) is 30.8 Å². The molecule has 6 heteroatoms.